The third kappa shape index (κ3) is 4.27. The van der Waals surface area contributed by atoms with E-state index in [2.05, 4.69) is 12.2 Å². The van der Waals surface area contributed by atoms with E-state index in [9.17, 15) is 8.78 Å². The van der Waals surface area contributed by atoms with E-state index in [0.717, 1.165) is 30.9 Å². The SMILES string of the molecule is CC1CCC(CCNC(C)c2cc(F)ccc2F)CC1. The Morgan fingerprint density at radius 3 is 2.60 bits per heavy atom. The van der Waals surface area contributed by atoms with E-state index in [1.54, 1.807) is 0 Å². The molecule has 1 aromatic carbocycles. The molecule has 112 valence electrons. The average Bonchev–Trinajstić information content (AvgIpc) is 2.43. The topological polar surface area (TPSA) is 12.0 Å². The molecule has 1 atom stereocenters. The van der Waals surface area contributed by atoms with Crippen molar-refractivity contribution in [2.45, 2.75) is 52.0 Å². The minimum Gasteiger partial charge on any atom is -0.310 e. The second kappa shape index (κ2) is 7.16. The molecule has 0 radical (unpaired) electrons. The van der Waals surface area contributed by atoms with E-state index in [1.807, 2.05) is 6.92 Å². The van der Waals surface area contributed by atoms with E-state index >= 15 is 0 Å². The minimum absolute atomic E-state index is 0.145. The van der Waals surface area contributed by atoms with Crippen molar-refractivity contribution in [1.82, 2.24) is 5.32 Å². The first kappa shape index (κ1) is 15.4. The van der Waals surface area contributed by atoms with Crippen molar-refractivity contribution in [2.24, 2.45) is 11.8 Å². The van der Waals surface area contributed by atoms with Crippen LogP contribution in [0.3, 0.4) is 0 Å². The molecule has 0 aromatic heterocycles. The summed E-state index contributed by atoms with van der Waals surface area (Å²) in [7, 11) is 0. The Morgan fingerprint density at radius 1 is 1.20 bits per heavy atom. The summed E-state index contributed by atoms with van der Waals surface area (Å²) in [5, 5.41) is 3.32. The molecule has 0 amide bonds. The monoisotopic (exact) mass is 281 g/mol. The first-order valence-electron chi connectivity index (χ1n) is 7.74. The number of benzene rings is 1. The molecular weight excluding hydrogens is 256 g/mol. The van der Waals surface area contributed by atoms with Crippen LogP contribution < -0.4 is 5.32 Å². The Balaban J connectivity index is 1.77. The number of hydrogen-bond acceptors (Lipinski definition) is 1. The molecule has 20 heavy (non-hydrogen) atoms. The summed E-state index contributed by atoms with van der Waals surface area (Å²) in [6, 6.07) is 3.50. The molecule has 0 saturated heterocycles. The van der Waals surface area contributed by atoms with Gasteiger partial charge in [0.2, 0.25) is 0 Å². The van der Waals surface area contributed by atoms with E-state index < -0.39 is 0 Å². The number of halogens is 2. The van der Waals surface area contributed by atoms with Gasteiger partial charge in [0.15, 0.2) is 0 Å². The highest BCUT2D eigenvalue weighted by atomic mass is 19.1. The normalized spacial score (nSPS) is 24.6. The molecule has 0 spiro atoms. The fourth-order valence-electron chi connectivity index (χ4n) is 3.08. The lowest BCUT2D eigenvalue weighted by molar-refractivity contribution is 0.273. The molecule has 1 saturated carbocycles. The predicted octanol–water partition coefficient (Wildman–Crippen LogP) is 4.83. The second-order valence-corrected chi connectivity index (χ2v) is 6.26. The zero-order chi connectivity index (χ0) is 14.5. The van der Waals surface area contributed by atoms with Gasteiger partial charge in [-0.2, -0.15) is 0 Å². The lowest BCUT2D eigenvalue weighted by Gasteiger charge is -2.26. The summed E-state index contributed by atoms with van der Waals surface area (Å²) in [5.74, 6) is 0.956. The molecule has 2 rings (SSSR count). The van der Waals surface area contributed by atoms with Gasteiger partial charge in [0.1, 0.15) is 11.6 Å². The Hall–Kier alpha value is -0.960. The zero-order valence-electron chi connectivity index (χ0n) is 12.5. The van der Waals surface area contributed by atoms with Gasteiger partial charge in [0.25, 0.3) is 0 Å². The summed E-state index contributed by atoms with van der Waals surface area (Å²) in [4.78, 5) is 0. The van der Waals surface area contributed by atoms with Gasteiger partial charge in [-0.3, -0.25) is 0 Å². The summed E-state index contributed by atoms with van der Waals surface area (Å²) >= 11 is 0. The van der Waals surface area contributed by atoms with Crippen molar-refractivity contribution < 1.29 is 8.78 Å². The largest absolute Gasteiger partial charge is 0.310 e. The van der Waals surface area contributed by atoms with Crippen LogP contribution in [0.1, 0.15) is 57.6 Å². The smallest absolute Gasteiger partial charge is 0.128 e. The van der Waals surface area contributed by atoms with Crippen LogP contribution in [-0.4, -0.2) is 6.54 Å². The molecule has 1 unspecified atom stereocenters. The summed E-state index contributed by atoms with van der Waals surface area (Å²) < 4.78 is 26.8. The van der Waals surface area contributed by atoms with Gasteiger partial charge in [-0.25, -0.2) is 8.78 Å². The van der Waals surface area contributed by atoms with Crippen molar-refractivity contribution in [1.29, 1.82) is 0 Å². The fraction of sp³-hybridized carbons (Fsp3) is 0.647. The fourth-order valence-corrected chi connectivity index (χ4v) is 3.08. The van der Waals surface area contributed by atoms with E-state index in [4.69, 9.17) is 0 Å². The lowest BCUT2D eigenvalue weighted by Crippen LogP contribution is -2.24. The van der Waals surface area contributed by atoms with Gasteiger partial charge >= 0.3 is 0 Å². The van der Waals surface area contributed by atoms with Crippen LogP contribution in [0.2, 0.25) is 0 Å². The minimum atomic E-state index is -0.378. The van der Waals surface area contributed by atoms with Crippen LogP contribution in [0.5, 0.6) is 0 Å². The first-order valence-corrected chi connectivity index (χ1v) is 7.74. The van der Waals surface area contributed by atoms with Gasteiger partial charge in [0.05, 0.1) is 0 Å². The van der Waals surface area contributed by atoms with Crippen molar-refractivity contribution in [2.75, 3.05) is 6.54 Å². The maximum absolute atomic E-state index is 13.6. The molecule has 1 N–H and O–H groups in total. The number of hydrogen-bond donors (Lipinski definition) is 1. The van der Waals surface area contributed by atoms with Crippen molar-refractivity contribution >= 4 is 0 Å². The van der Waals surface area contributed by atoms with E-state index in [0.29, 0.717) is 5.56 Å². The highest BCUT2D eigenvalue weighted by Gasteiger charge is 2.18. The standard InChI is InChI=1S/C17H25F2N/c1-12-3-5-14(6-4-12)9-10-20-13(2)16-11-15(18)7-8-17(16)19/h7-8,11-14,20H,3-6,9-10H2,1-2H3. The summed E-state index contributed by atoms with van der Waals surface area (Å²) in [6.07, 6.45) is 6.42. The second-order valence-electron chi connectivity index (χ2n) is 6.26. The Bertz CT molecular complexity index is 425. The quantitative estimate of drug-likeness (QED) is 0.815. The Morgan fingerprint density at radius 2 is 1.90 bits per heavy atom. The molecule has 1 nitrogen and oxygen atoms in total. The third-order valence-electron chi connectivity index (χ3n) is 4.56. The number of nitrogens with one attached hydrogen (secondary N) is 1. The van der Waals surface area contributed by atoms with Crippen LogP contribution in [0, 0.1) is 23.5 Å². The van der Waals surface area contributed by atoms with Gasteiger partial charge in [-0.1, -0.05) is 32.6 Å². The lowest BCUT2D eigenvalue weighted by atomic mass is 9.81. The molecule has 1 fully saturated rings. The predicted molar refractivity (Wildman–Crippen MR) is 78.5 cm³/mol. The molecule has 0 aliphatic heterocycles. The van der Waals surface area contributed by atoms with Gasteiger partial charge in [0, 0.05) is 11.6 Å². The molecule has 1 aromatic rings. The zero-order valence-corrected chi connectivity index (χ0v) is 12.5. The highest BCUT2D eigenvalue weighted by molar-refractivity contribution is 5.21. The molecule has 1 aliphatic carbocycles. The number of rotatable bonds is 5. The molecule has 3 heteroatoms. The van der Waals surface area contributed by atoms with Gasteiger partial charge < -0.3 is 5.32 Å². The molecule has 0 heterocycles. The summed E-state index contributed by atoms with van der Waals surface area (Å²) in [5.41, 5.74) is 0.419. The molecular formula is C17H25F2N. The van der Waals surface area contributed by atoms with Gasteiger partial charge in [-0.05, 0) is 49.9 Å². The summed E-state index contributed by atoms with van der Waals surface area (Å²) in [6.45, 7) is 5.08. The van der Waals surface area contributed by atoms with Crippen LogP contribution in [0.25, 0.3) is 0 Å². The van der Waals surface area contributed by atoms with Gasteiger partial charge in [-0.15, -0.1) is 0 Å². The van der Waals surface area contributed by atoms with Crippen LogP contribution in [0.4, 0.5) is 8.78 Å². The Labute approximate surface area is 120 Å². The molecule has 1 aliphatic rings. The van der Waals surface area contributed by atoms with Crippen LogP contribution >= 0.6 is 0 Å². The Kier molecular flexibility index (Phi) is 5.53. The maximum atomic E-state index is 13.6. The van der Waals surface area contributed by atoms with E-state index in [1.165, 1.54) is 37.8 Å². The van der Waals surface area contributed by atoms with Crippen LogP contribution in [-0.2, 0) is 0 Å². The third-order valence-corrected chi connectivity index (χ3v) is 4.56. The highest BCUT2D eigenvalue weighted by Crippen LogP contribution is 2.30. The average molecular weight is 281 g/mol. The molecule has 0 bridgehead atoms. The first-order chi connectivity index (χ1) is 9.56. The maximum Gasteiger partial charge on any atom is 0.128 e. The van der Waals surface area contributed by atoms with E-state index in [-0.39, 0.29) is 17.7 Å². The van der Waals surface area contributed by atoms with Crippen molar-refractivity contribution in [3.63, 3.8) is 0 Å². The van der Waals surface area contributed by atoms with Crippen LogP contribution in [0.15, 0.2) is 18.2 Å². The van der Waals surface area contributed by atoms with Crippen molar-refractivity contribution in [3.05, 3.63) is 35.4 Å². The van der Waals surface area contributed by atoms with Crippen molar-refractivity contribution in [3.8, 4) is 0 Å².